The van der Waals surface area contributed by atoms with Crippen molar-refractivity contribution in [3.05, 3.63) is 94.3 Å². The van der Waals surface area contributed by atoms with Crippen LogP contribution in [0.15, 0.2) is 78.0 Å². The highest BCUT2D eigenvalue weighted by Crippen LogP contribution is 2.23. The third-order valence-corrected chi connectivity index (χ3v) is 6.73. The number of rotatable bonds is 8. The number of hydrogen-bond acceptors (Lipinski definition) is 7. The summed E-state index contributed by atoms with van der Waals surface area (Å²) in [5.41, 5.74) is 1.98. The number of aromatic nitrogens is 4. The van der Waals surface area contributed by atoms with Gasteiger partial charge in [-0.2, -0.15) is 5.10 Å². The van der Waals surface area contributed by atoms with E-state index in [0.717, 1.165) is 37.7 Å². The first-order chi connectivity index (χ1) is 18.0. The molecule has 0 atom stereocenters. The van der Waals surface area contributed by atoms with E-state index in [1.54, 1.807) is 42.6 Å². The minimum absolute atomic E-state index is 0.00619. The molecule has 1 N–H and O–H groups in total. The fraction of sp³-hybridized carbons (Fsp3) is 0.259. The van der Waals surface area contributed by atoms with Crippen LogP contribution >= 0.6 is 11.6 Å². The monoisotopic (exact) mass is 518 g/mol. The molecule has 190 valence electrons. The van der Waals surface area contributed by atoms with Crippen LogP contribution in [-0.4, -0.2) is 56.4 Å². The molecule has 37 heavy (non-hydrogen) atoms. The van der Waals surface area contributed by atoms with Gasteiger partial charge in [0.1, 0.15) is 17.9 Å². The topological polar surface area (TPSA) is 96.5 Å². The number of pyridine rings is 1. The van der Waals surface area contributed by atoms with E-state index in [1.807, 2.05) is 24.3 Å². The molecule has 0 amide bonds. The van der Waals surface area contributed by atoms with Gasteiger partial charge in [-0.25, -0.2) is 19.0 Å². The number of benzene rings is 2. The summed E-state index contributed by atoms with van der Waals surface area (Å²) in [6, 6.07) is 17.9. The molecule has 2 aromatic carbocycles. The lowest BCUT2D eigenvalue weighted by molar-refractivity contribution is 0.0978. The first-order valence-electron chi connectivity index (χ1n) is 12.2. The van der Waals surface area contributed by atoms with Gasteiger partial charge in [0.15, 0.2) is 5.78 Å². The van der Waals surface area contributed by atoms with Crippen molar-refractivity contribution in [1.82, 2.24) is 19.3 Å². The summed E-state index contributed by atoms with van der Waals surface area (Å²) in [5.74, 6) is 1.12. The van der Waals surface area contributed by atoms with Crippen LogP contribution in [0.4, 0.5) is 11.5 Å². The highest BCUT2D eigenvalue weighted by molar-refractivity contribution is 6.30. The predicted octanol–water partition coefficient (Wildman–Crippen LogP) is 3.78. The van der Waals surface area contributed by atoms with Crippen molar-refractivity contribution in [3.8, 4) is 11.4 Å². The average Bonchev–Trinajstić information content (AvgIpc) is 3.29. The van der Waals surface area contributed by atoms with E-state index in [0.29, 0.717) is 35.7 Å². The lowest BCUT2D eigenvalue weighted by Crippen LogP contribution is -2.46. The molecule has 1 aliphatic heterocycles. The second-order valence-corrected chi connectivity index (χ2v) is 9.35. The number of piperazine rings is 1. The van der Waals surface area contributed by atoms with Crippen LogP contribution in [0, 0.1) is 0 Å². The second kappa shape index (κ2) is 10.9. The fourth-order valence-corrected chi connectivity index (χ4v) is 4.55. The number of anilines is 2. The summed E-state index contributed by atoms with van der Waals surface area (Å²) in [5, 5.41) is 14.5. The lowest BCUT2D eigenvalue weighted by atomic mass is 10.1. The van der Waals surface area contributed by atoms with Gasteiger partial charge >= 0.3 is 5.69 Å². The van der Waals surface area contributed by atoms with Crippen LogP contribution in [0.3, 0.4) is 0 Å². The van der Waals surface area contributed by atoms with Crippen LogP contribution in [0.5, 0.6) is 5.75 Å². The Hall–Kier alpha value is -4.11. The van der Waals surface area contributed by atoms with Gasteiger partial charge in [0.25, 0.3) is 0 Å². The maximum atomic E-state index is 12.8. The van der Waals surface area contributed by atoms with Crippen LogP contribution in [0.1, 0.15) is 23.2 Å². The summed E-state index contributed by atoms with van der Waals surface area (Å²) in [7, 11) is 0. The van der Waals surface area contributed by atoms with Gasteiger partial charge < -0.3 is 14.9 Å². The summed E-state index contributed by atoms with van der Waals surface area (Å²) < 4.78 is 2.82. The first-order valence-corrected chi connectivity index (χ1v) is 12.5. The number of carbonyl (C=O) groups excluding carboxylic acids is 1. The summed E-state index contributed by atoms with van der Waals surface area (Å²) in [6.45, 7) is 3.59. The first kappa shape index (κ1) is 24.6. The number of aromatic hydroxyl groups is 1. The fourth-order valence-electron chi connectivity index (χ4n) is 4.43. The Morgan fingerprint density at radius 1 is 0.946 bits per heavy atom. The highest BCUT2D eigenvalue weighted by atomic mass is 35.5. The second-order valence-electron chi connectivity index (χ2n) is 8.91. The molecule has 0 unspecified atom stereocenters. The number of halogens is 1. The standard InChI is InChI=1S/C27H27ClN6O3/c28-21-8-6-20(7-9-21)25(36)5-2-12-34-27(37)33(19-30-34)23-10-11-26(29-18-23)32-15-13-31(14-16-32)22-3-1-4-24(35)17-22/h1,3-4,6-11,17-19,35H,2,5,12-16H2. The largest absolute Gasteiger partial charge is 0.508 e. The molecule has 0 aliphatic carbocycles. The summed E-state index contributed by atoms with van der Waals surface area (Å²) >= 11 is 5.87. The molecule has 1 aliphatic rings. The minimum Gasteiger partial charge on any atom is -0.508 e. The number of carbonyl (C=O) groups is 1. The Kier molecular flexibility index (Phi) is 7.23. The molecular formula is C27H27ClN6O3. The van der Waals surface area contributed by atoms with Gasteiger partial charge in [-0.1, -0.05) is 17.7 Å². The zero-order chi connectivity index (χ0) is 25.8. The van der Waals surface area contributed by atoms with Crippen molar-refractivity contribution in [2.75, 3.05) is 36.0 Å². The van der Waals surface area contributed by atoms with Gasteiger partial charge in [-0.15, -0.1) is 0 Å². The number of nitrogens with zero attached hydrogens (tertiary/aromatic N) is 6. The van der Waals surface area contributed by atoms with Gasteiger partial charge in [0.05, 0.1) is 11.9 Å². The molecule has 9 nitrogen and oxygen atoms in total. The SMILES string of the molecule is O=C(CCCn1ncn(-c2ccc(N3CCN(c4cccc(O)c4)CC3)nc2)c1=O)c1ccc(Cl)cc1. The van der Waals surface area contributed by atoms with Gasteiger partial charge in [0.2, 0.25) is 0 Å². The highest BCUT2D eigenvalue weighted by Gasteiger charge is 2.19. The zero-order valence-electron chi connectivity index (χ0n) is 20.2. The van der Waals surface area contributed by atoms with E-state index in [4.69, 9.17) is 11.6 Å². The van der Waals surface area contributed by atoms with E-state index in [1.165, 1.54) is 15.6 Å². The van der Waals surface area contributed by atoms with E-state index >= 15 is 0 Å². The van der Waals surface area contributed by atoms with Crippen molar-refractivity contribution in [2.45, 2.75) is 19.4 Å². The molecule has 0 radical (unpaired) electrons. The number of phenols is 1. The summed E-state index contributed by atoms with van der Waals surface area (Å²) in [6.07, 6.45) is 3.97. The molecule has 10 heteroatoms. The molecule has 0 saturated carbocycles. The van der Waals surface area contributed by atoms with E-state index in [2.05, 4.69) is 19.9 Å². The van der Waals surface area contributed by atoms with E-state index < -0.39 is 0 Å². The van der Waals surface area contributed by atoms with Gasteiger partial charge in [-0.3, -0.25) is 4.79 Å². The average molecular weight is 519 g/mol. The Morgan fingerprint density at radius 3 is 2.41 bits per heavy atom. The molecule has 1 saturated heterocycles. The Balaban J connectivity index is 1.16. The van der Waals surface area contributed by atoms with Crippen molar-refractivity contribution in [3.63, 3.8) is 0 Å². The van der Waals surface area contributed by atoms with Gasteiger partial charge in [-0.05, 0) is 55.0 Å². The molecule has 5 rings (SSSR count). The molecule has 0 bridgehead atoms. The molecule has 3 heterocycles. The van der Waals surface area contributed by atoms with Crippen LogP contribution in [0.25, 0.3) is 5.69 Å². The molecule has 4 aromatic rings. The Labute approximate surface area is 219 Å². The smallest absolute Gasteiger partial charge is 0.350 e. The lowest BCUT2D eigenvalue weighted by Gasteiger charge is -2.36. The van der Waals surface area contributed by atoms with Gasteiger partial charge in [0, 0.05) is 61.5 Å². The molecular weight excluding hydrogens is 492 g/mol. The Bertz CT molecular complexity index is 1420. The van der Waals surface area contributed by atoms with Crippen LogP contribution in [0.2, 0.25) is 5.02 Å². The zero-order valence-corrected chi connectivity index (χ0v) is 21.0. The van der Waals surface area contributed by atoms with E-state index in [9.17, 15) is 14.7 Å². The number of ketones is 1. The number of Topliss-reactive ketones (excluding diaryl/α,β-unsaturated/α-hetero) is 1. The Morgan fingerprint density at radius 2 is 1.70 bits per heavy atom. The molecule has 2 aromatic heterocycles. The molecule has 1 fully saturated rings. The minimum atomic E-state index is -0.270. The van der Waals surface area contributed by atoms with E-state index in [-0.39, 0.29) is 17.2 Å². The quantitative estimate of drug-likeness (QED) is 0.355. The van der Waals surface area contributed by atoms with Crippen LogP contribution < -0.4 is 15.5 Å². The number of hydrogen-bond donors (Lipinski definition) is 1. The van der Waals surface area contributed by atoms with Crippen molar-refractivity contribution >= 4 is 28.9 Å². The normalized spacial score (nSPS) is 13.6. The van der Waals surface area contributed by atoms with Crippen LogP contribution in [-0.2, 0) is 6.54 Å². The third kappa shape index (κ3) is 5.67. The number of phenolic OH excluding ortho intramolecular Hbond substituents is 1. The summed E-state index contributed by atoms with van der Waals surface area (Å²) in [4.78, 5) is 34.2. The predicted molar refractivity (Wildman–Crippen MR) is 143 cm³/mol. The molecule has 0 spiro atoms. The van der Waals surface area contributed by atoms with Crippen molar-refractivity contribution in [1.29, 1.82) is 0 Å². The maximum Gasteiger partial charge on any atom is 0.350 e. The maximum absolute atomic E-state index is 12.8. The number of aryl methyl sites for hydroxylation is 1. The third-order valence-electron chi connectivity index (χ3n) is 6.48. The van der Waals surface area contributed by atoms with Crippen molar-refractivity contribution in [2.24, 2.45) is 0 Å². The van der Waals surface area contributed by atoms with Crippen molar-refractivity contribution < 1.29 is 9.90 Å².